The Bertz CT molecular complexity index is 589. The predicted octanol–water partition coefficient (Wildman–Crippen LogP) is 4.63. The van der Waals surface area contributed by atoms with E-state index in [9.17, 15) is 4.79 Å². The topological polar surface area (TPSA) is 20.3 Å². The van der Waals surface area contributed by atoms with Crippen LogP contribution in [0, 0.1) is 5.92 Å². The summed E-state index contributed by atoms with van der Waals surface area (Å²) in [6.07, 6.45) is 1.57. The summed E-state index contributed by atoms with van der Waals surface area (Å²) in [7, 11) is 0. The first-order valence-electron chi connectivity index (χ1n) is 7.41. The van der Waals surface area contributed by atoms with Crippen LogP contribution in [-0.4, -0.2) is 12.5 Å². The summed E-state index contributed by atoms with van der Waals surface area (Å²) in [4.78, 5) is 14.2. The molecule has 0 saturated heterocycles. The number of nitrogens with zero attached hydrogens (tertiary/aromatic N) is 1. The molecule has 0 aromatic heterocycles. The van der Waals surface area contributed by atoms with Gasteiger partial charge in [-0.3, -0.25) is 4.79 Å². The van der Waals surface area contributed by atoms with Gasteiger partial charge < -0.3 is 4.90 Å². The van der Waals surface area contributed by atoms with Gasteiger partial charge in [-0.25, -0.2) is 0 Å². The molecule has 0 heterocycles. The zero-order valence-electron chi connectivity index (χ0n) is 12.6. The molecular formula is C18H23NO. The molecule has 20 heavy (non-hydrogen) atoms. The highest BCUT2D eigenvalue weighted by Gasteiger charge is 2.14. The van der Waals surface area contributed by atoms with E-state index in [1.807, 2.05) is 30.0 Å². The molecule has 2 nitrogen and oxygen atoms in total. The normalized spacial score (nSPS) is 11.0. The van der Waals surface area contributed by atoms with Gasteiger partial charge >= 0.3 is 0 Å². The Balaban J connectivity index is 2.22. The minimum atomic E-state index is 0.219. The van der Waals surface area contributed by atoms with Gasteiger partial charge in [0.2, 0.25) is 5.91 Å². The van der Waals surface area contributed by atoms with E-state index < -0.39 is 0 Å². The average molecular weight is 269 g/mol. The highest BCUT2D eigenvalue weighted by Crippen LogP contribution is 2.23. The van der Waals surface area contributed by atoms with Crippen molar-refractivity contribution in [2.45, 2.75) is 33.6 Å². The van der Waals surface area contributed by atoms with Crippen LogP contribution < -0.4 is 4.90 Å². The SMILES string of the molecule is CCN(C(=O)CCC(C)C)c1ccc2ccccc2c1. The van der Waals surface area contributed by atoms with Crippen LogP contribution in [0.4, 0.5) is 5.69 Å². The second-order valence-electron chi connectivity index (χ2n) is 5.60. The average Bonchev–Trinajstić information content (AvgIpc) is 2.45. The number of carbonyl (C=O) groups is 1. The quantitative estimate of drug-likeness (QED) is 0.775. The minimum absolute atomic E-state index is 0.219. The van der Waals surface area contributed by atoms with Crippen molar-refractivity contribution >= 4 is 22.4 Å². The van der Waals surface area contributed by atoms with E-state index in [1.165, 1.54) is 10.8 Å². The molecule has 1 amide bonds. The maximum Gasteiger partial charge on any atom is 0.226 e. The second kappa shape index (κ2) is 6.56. The smallest absolute Gasteiger partial charge is 0.226 e. The molecule has 0 atom stereocenters. The van der Waals surface area contributed by atoms with Gasteiger partial charge in [-0.2, -0.15) is 0 Å². The van der Waals surface area contributed by atoms with Gasteiger partial charge in [0.25, 0.3) is 0 Å². The van der Waals surface area contributed by atoms with E-state index in [0.29, 0.717) is 12.3 Å². The predicted molar refractivity (Wildman–Crippen MR) is 86.0 cm³/mol. The van der Waals surface area contributed by atoms with Crippen LogP contribution in [0.15, 0.2) is 42.5 Å². The van der Waals surface area contributed by atoms with Crippen LogP contribution in [0.1, 0.15) is 33.6 Å². The van der Waals surface area contributed by atoms with E-state index in [2.05, 4.69) is 38.1 Å². The molecular weight excluding hydrogens is 246 g/mol. The van der Waals surface area contributed by atoms with E-state index in [1.54, 1.807) is 0 Å². The van der Waals surface area contributed by atoms with E-state index in [0.717, 1.165) is 18.7 Å². The first-order valence-corrected chi connectivity index (χ1v) is 7.41. The van der Waals surface area contributed by atoms with Crippen molar-refractivity contribution in [3.63, 3.8) is 0 Å². The fourth-order valence-corrected chi connectivity index (χ4v) is 2.39. The zero-order valence-corrected chi connectivity index (χ0v) is 12.6. The molecule has 0 unspecified atom stereocenters. The summed E-state index contributed by atoms with van der Waals surface area (Å²) >= 11 is 0. The van der Waals surface area contributed by atoms with Crippen molar-refractivity contribution in [1.82, 2.24) is 0 Å². The van der Waals surface area contributed by atoms with Gasteiger partial charge in [0.1, 0.15) is 0 Å². The summed E-state index contributed by atoms with van der Waals surface area (Å²) in [5.41, 5.74) is 1.000. The first-order chi connectivity index (χ1) is 9.61. The number of hydrogen-bond donors (Lipinski definition) is 0. The van der Waals surface area contributed by atoms with Crippen LogP contribution in [-0.2, 0) is 4.79 Å². The summed E-state index contributed by atoms with van der Waals surface area (Å²) in [6.45, 7) is 7.05. The third-order valence-corrected chi connectivity index (χ3v) is 3.60. The molecule has 2 aromatic rings. The zero-order chi connectivity index (χ0) is 14.5. The van der Waals surface area contributed by atoms with Crippen LogP contribution in [0.25, 0.3) is 10.8 Å². The minimum Gasteiger partial charge on any atom is -0.313 e. The largest absolute Gasteiger partial charge is 0.313 e. The first kappa shape index (κ1) is 14.6. The molecule has 0 saturated carbocycles. The number of anilines is 1. The standard InChI is InChI=1S/C18H23NO/c1-4-19(18(20)12-9-14(2)3)17-11-10-15-7-5-6-8-16(15)13-17/h5-8,10-11,13-14H,4,9,12H2,1-3H3. The number of amides is 1. The van der Waals surface area contributed by atoms with E-state index >= 15 is 0 Å². The molecule has 2 aromatic carbocycles. The molecule has 0 aliphatic carbocycles. The lowest BCUT2D eigenvalue weighted by molar-refractivity contribution is -0.118. The van der Waals surface area contributed by atoms with Gasteiger partial charge in [0.15, 0.2) is 0 Å². The maximum atomic E-state index is 12.3. The molecule has 0 aliphatic rings. The molecule has 0 radical (unpaired) electrons. The van der Waals surface area contributed by atoms with Crippen molar-refractivity contribution in [2.24, 2.45) is 5.92 Å². The third-order valence-electron chi connectivity index (χ3n) is 3.60. The van der Waals surface area contributed by atoms with Crippen molar-refractivity contribution in [3.8, 4) is 0 Å². The van der Waals surface area contributed by atoms with Crippen molar-refractivity contribution < 1.29 is 4.79 Å². The van der Waals surface area contributed by atoms with Crippen molar-refractivity contribution in [1.29, 1.82) is 0 Å². The van der Waals surface area contributed by atoms with Gasteiger partial charge in [0, 0.05) is 18.7 Å². The van der Waals surface area contributed by atoms with Crippen molar-refractivity contribution in [3.05, 3.63) is 42.5 Å². The summed E-state index contributed by atoms with van der Waals surface area (Å²) < 4.78 is 0. The Kier molecular flexibility index (Phi) is 4.78. The molecule has 0 fully saturated rings. The lowest BCUT2D eigenvalue weighted by Crippen LogP contribution is -2.30. The Labute approximate surface area is 121 Å². The van der Waals surface area contributed by atoms with Crippen LogP contribution >= 0.6 is 0 Å². The number of hydrogen-bond acceptors (Lipinski definition) is 1. The fourth-order valence-electron chi connectivity index (χ4n) is 2.39. The summed E-state index contributed by atoms with van der Waals surface area (Å²) in [6, 6.07) is 14.5. The maximum absolute atomic E-state index is 12.3. The summed E-state index contributed by atoms with van der Waals surface area (Å²) in [5.74, 6) is 0.783. The van der Waals surface area contributed by atoms with E-state index in [4.69, 9.17) is 0 Å². The number of fused-ring (bicyclic) bond motifs is 1. The molecule has 106 valence electrons. The van der Waals surface area contributed by atoms with E-state index in [-0.39, 0.29) is 5.91 Å². The summed E-state index contributed by atoms with van der Waals surface area (Å²) in [5, 5.41) is 2.39. The lowest BCUT2D eigenvalue weighted by atomic mass is 10.1. The van der Waals surface area contributed by atoms with Gasteiger partial charge in [-0.05, 0) is 42.2 Å². The Morgan fingerprint density at radius 3 is 2.45 bits per heavy atom. The van der Waals surface area contributed by atoms with Crippen LogP contribution in [0.3, 0.4) is 0 Å². The highest BCUT2D eigenvalue weighted by atomic mass is 16.2. The molecule has 0 N–H and O–H groups in total. The number of carbonyl (C=O) groups excluding carboxylic acids is 1. The van der Waals surface area contributed by atoms with Crippen LogP contribution in [0.2, 0.25) is 0 Å². The Morgan fingerprint density at radius 1 is 1.10 bits per heavy atom. The molecule has 0 aliphatic heterocycles. The molecule has 2 heteroatoms. The van der Waals surface area contributed by atoms with Crippen molar-refractivity contribution in [2.75, 3.05) is 11.4 Å². The number of rotatable bonds is 5. The molecule has 2 rings (SSSR count). The highest BCUT2D eigenvalue weighted by molar-refractivity contribution is 5.96. The Hall–Kier alpha value is -1.83. The monoisotopic (exact) mass is 269 g/mol. The van der Waals surface area contributed by atoms with Crippen LogP contribution in [0.5, 0.6) is 0 Å². The number of benzene rings is 2. The Morgan fingerprint density at radius 2 is 1.80 bits per heavy atom. The molecule has 0 spiro atoms. The fraction of sp³-hybridized carbons (Fsp3) is 0.389. The lowest BCUT2D eigenvalue weighted by Gasteiger charge is -2.22. The molecule has 0 bridgehead atoms. The van der Waals surface area contributed by atoms with Gasteiger partial charge in [-0.1, -0.05) is 44.2 Å². The van der Waals surface area contributed by atoms with Gasteiger partial charge in [-0.15, -0.1) is 0 Å². The van der Waals surface area contributed by atoms with Gasteiger partial charge in [0.05, 0.1) is 0 Å². The third kappa shape index (κ3) is 3.38. The second-order valence-corrected chi connectivity index (χ2v) is 5.60.